The monoisotopic (exact) mass is 452 g/mol. The number of fused-ring (bicyclic) bond motifs is 1. The molecule has 0 saturated heterocycles. The number of carbonyl (C=O) groups excluding carboxylic acids is 1. The van der Waals surface area contributed by atoms with E-state index in [1.165, 1.54) is 0 Å². The Morgan fingerprint density at radius 3 is 2.24 bits per heavy atom. The van der Waals surface area contributed by atoms with Gasteiger partial charge in [0.2, 0.25) is 0 Å². The van der Waals surface area contributed by atoms with Gasteiger partial charge in [0, 0.05) is 25.0 Å². The van der Waals surface area contributed by atoms with Crippen molar-refractivity contribution in [3.8, 4) is 11.5 Å². The van der Waals surface area contributed by atoms with Gasteiger partial charge in [0.15, 0.2) is 6.61 Å². The molecule has 1 aliphatic rings. The van der Waals surface area contributed by atoms with Crippen LogP contribution in [0, 0.1) is 0 Å². The summed E-state index contributed by atoms with van der Waals surface area (Å²) in [5.74, 6) is 1.49. The smallest absolute Gasteiger partial charge is 0.261 e. The van der Waals surface area contributed by atoms with Gasteiger partial charge < -0.3 is 18.9 Å². The number of nitrogens with zero attached hydrogens (tertiary/aromatic N) is 2. The Morgan fingerprint density at radius 2 is 1.47 bits per heavy atom. The third-order valence-corrected chi connectivity index (χ3v) is 6.12. The molecule has 0 saturated carbocycles. The summed E-state index contributed by atoms with van der Waals surface area (Å²) in [6.07, 6.45) is 2.99. The number of hydrogen-bond acceptors (Lipinski definition) is 3. The van der Waals surface area contributed by atoms with Crippen molar-refractivity contribution in [2.45, 2.75) is 25.6 Å². The SMILES string of the molecule is O=C(COc1ccccc1)N1CCCn2cccc2C1c1ccc(OCc2ccccc2)cc1. The van der Waals surface area contributed by atoms with E-state index in [9.17, 15) is 4.79 Å². The largest absolute Gasteiger partial charge is 0.489 e. The molecule has 5 nitrogen and oxygen atoms in total. The van der Waals surface area contributed by atoms with E-state index in [2.05, 4.69) is 41.1 Å². The molecule has 0 aliphatic carbocycles. The molecule has 5 heteroatoms. The molecule has 2 heterocycles. The molecule has 0 N–H and O–H groups in total. The van der Waals surface area contributed by atoms with Gasteiger partial charge in [-0.2, -0.15) is 0 Å². The second-order valence-corrected chi connectivity index (χ2v) is 8.41. The van der Waals surface area contributed by atoms with Crippen LogP contribution in [-0.2, 0) is 17.9 Å². The Morgan fingerprint density at radius 1 is 0.765 bits per heavy atom. The number of benzene rings is 3. The number of aromatic nitrogens is 1. The van der Waals surface area contributed by atoms with E-state index in [1.54, 1.807) is 0 Å². The first-order valence-corrected chi connectivity index (χ1v) is 11.7. The van der Waals surface area contributed by atoms with Crippen LogP contribution in [0.5, 0.6) is 11.5 Å². The summed E-state index contributed by atoms with van der Waals surface area (Å²) in [7, 11) is 0. The summed E-state index contributed by atoms with van der Waals surface area (Å²) < 4.78 is 14.0. The molecular weight excluding hydrogens is 424 g/mol. The molecule has 5 rings (SSSR count). The van der Waals surface area contributed by atoms with E-state index in [0.29, 0.717) is 18.9 Å². The lowest BCUT2D eigenvalue weighted by Crippen LogP contribution is -2.38. The van der Waals surface area contributed by atoms with Crippen LogP contribution in [0.3, 0.4) is 0 Å². The first-order valence-electron chi connectivity index (χ1n) is 11.7. The molecule has 172 valence electrons. The molecule has 0 fully saturated rings. The minimum atomic E-state index is -0.174. The van der Waals surface area contributed by atoms with Gasteiger partial charge in [0.1, 0.15) is 18.1 Å². The molecule has 1 amide bonds. The van der Waals surface area contributed by atoms with Crippen molar-refractivity contribution < 1.29 is 14.3 Å². The predicted molar refractivity (Wildman–Crippen MR) is 132 cm³/mol. The first kappa shape index (κ1) is 21.8. The summed E-state index contributed by atoms with van der Waals surface area (Å²) in [5.41, 5.74) is 3.30. The van der Waals surface area contributed by atoms with E-state index in [0.717, 1.165) is 35.5 Å². The highest BCUT2D eigenvalue weighted by Crippen LogP contribution is 2.33. The maximum atomic E-state index is 13.3. The number of carbonyl (C=O) groups is 1. The maximum absolute atomic E-state index is 13.3. The van der Waals surface area contributed by atoms with Crippen LogP contribution in [0.4, 0.5) is 0 Å². The summed E-state index contributed by atoms with van der Waals surface area (Å²) in [6, 6.07) is 31.7. The third kappa shape index (κ3) is 4.99. The van der Waals surface area contributed by atoms with Crippen molar-refractivity contribution in [2.75, 3.05) is 13.2 Å². The lowest BCUT2D eigenvalue weighted by molar-refractivity contribution is -0.135. The number of para-hydroxylation sites is 1. The number of aryl methyl sites for hydroxylation is 1. The number of ether oxygens (including phenoxy) is 2. The molecule has 34 heavy (non-hydrogen) atoms. The van der Waals surface area contributed by atoms with Gasteiger partial charge in [0.25, 0.3) is 5.91 Å². The molecule has 0 bridgehead atoms. The van der Waals surface area contributed by atoms with Gasteiger partial charge >= 0.3 is 0 Å². The van der Waals surface area contributed by atoms with E-state index < -0.39 is 0 Å². The second kappa shape index (κ2) is 10.3. The zero-order valence-electron chi connectivity index (χ0n) is 19.0. The molecule has 4 aromatic rings. The van der Waals surface area contributed by atoms with Crippen molar-refractivity contribution >= 4 is 5.91 Å². The van der Waals surface area contributed by atoms with Crippen LogP contribution in [0.2, 0.25) is 0 Å². The van der Waals surface area contributed by atoms with Crippen LogP contribution in [0.1, 0.15) is 29.3 Å². The topological polar surface area (TPSA) is 43.7 Å². The quantitative estimate of drug-likeness (QED) is 0.374. The van der Waals surface area contributed by atoms with Crippen LogP contribution >= 0.6 is 0 Å². The van der Waals surface area contributed by atoms with E-state index in [1.807, 2.05) is 71.6 Å². The van der Waals surface area contributed by atoms with Crippen molar-refractivity contribution in [2.24, 2.45) is 0 Å². The molecule has 3 aromatic carbocycles. The fourth-order valence-corrected chi connectivity index (χ4v) is 4.43. The van der Waals surface area contributed by atoms with Gasteiger partial charge in [-0.05, 0) is 53.9 Å². The zero-order chi connectivity index (χ0) is 23.2. The highest BCUT2D eigenvalue weighted by atomic mass is 16.5. The Labute approximate surface area is 200 Å². The maximum Gasteiger partial charge on any atom is 0.261 e. The Bertz CT molecular complexity index is 1200. The highest BCUT2D eigenvalue weighted by Gasteiger charge is 2.31. The van der Waals surface area contributed by atoms with Crippen molar-refractivity contribution in [3.05, 3.63) is 120 Å². The number of hydrogen-bond donors (Lipinski definition) is 0. The minimum Gasteiger partial charge on any atom is -0.489 e. The average Bonchev–Trinajstić information content (AvgIpc) is 3.27. The van der Waals surface area contributed by atoms with Crippen molar-refractivity contribution in [3.63, 3.8) is 0 Å². The van der Waals surface area contributed by atoms with E-state index in [-0.39, 0.29) is 18.6 Å². The fraction of sp³-hybridized carbons (Fsp3) is 0.207. The van der Waals surface area contributed by atoms with E-state index >= 15 is 0 Å². The minimum absolute atomic E-state index is 0.0134. The molecule has 1 aliphatic heterocycles. The first-order chi connectivity index (χ1) is 16.8. The fourth-order valence-electron chi connectivity index (χ4n) is 4.43. The van der Waals surface area contributed by atoms with Gasteiger partial charge in [-0.25, -0.2) is 0 Å². The predicted octanol–water partition coefficient (Wildman–Crippen LogP) is 5.47. The number of rotatable bonds is 7. The van der Waals surface area contributed by atoms with Crippen molar-refractivity contribution in [1.29, 1.82) is 0 Å². The average molecular weight is 453 g/mol. The van der Waals surface area contributed by atoms with Crippen LogP contribution in [-0.4, -0.2) is 28.5 Å². The normalized spacial score (nSPS) is 15.3. The zero-order valence-corrected chi connectivity index (χ0v) is 19.0. The van der Waals surface area contributed by atoms with Crippen molar-refractivity contribution in [1.82, 2.24) is 9.47 Å². The standard InChI is InChI=1S/C29H28N2O3/c32-28(22-34-25-11-5-2-6-12-25)31-20-8-19-30-18-7-13-27(30)29(31)24-14-16-26(17-15-24)33-21-23-9-3-1-4-10-23/h1-7,9-18,29H,8,19-22H2. The lowest BCUT2D eigenvalue weighted by Gasteiger charge is -2.31. The van der Waals surface area contributed by atoms with Crippen LogP contribution in [0.25, 0.3) is 0 Å². The summed E-state index contributed by atoms with van der Waals surface area (Å²) in [6.45, 7) is 2.10. The summed E-state index contributed by atoms with van der Waals surface area (Å²) in [5, 5.41) is 0. The Balaban J connectivity index is 1.35. The van der Waals surface area contributed by atoms with Gasteiger partial charge in [-0.3, -0.25) is 4.79 Å². The molecular formula is C29H28N2O3. The lowest BCUT2D eigenvalue weighted by atomic mass is 10.0. The molecule has 0 spiro atoms. The summed E-state index contributed by atoms with van der Waals surface area (Å²) >= 11 is 0. The van der Waals surface area contributed by atoms with Crippen LogP contribution < -0.4 is 9.47 Å². The Hall–Kier alpha value is -3.99. The third-order valence-electron chi connectivity index (χ3n) is 6.12. The van der Waals surface area contributed by atoms with Gasteiger partial charge in [-0.1, -0.05) is 60.7 Å². The van der Waals surface area contributed by atoms with E-state index in [4.69, 9.17) is 9.47 Å². The summed E-state index contributed by atoms with van der Waals surface area (Å²) in [4.78, 5) is 15.3. The molecule has 0 radical (unpaired) electrons. The van der Waals surface area contributed by atoms with Gasteiger partial charge in [0.05, 0.1) is 6.04 Å². The van der Waals surface area contributed by atoms with Gasteiger partial charge in [-0.15, -0.1) is 0 Å². The molecule has 1 atom stereocenters. The Kier molecular flexibility index (Phi) is 6.61. The number of amides is 1. The highest BCUT2D eigenvalue weighted by molar-refractivity contribution is 5.79. The molecule has 1 unspecified atom stereocenters. The second-order valence-electron chi connectivity index (χ2n) is 8.41. The van der Waals surface area contributed by atoms with Crippen LogP contribution in [0.15, 0.2) is 103 Å². The molecule has 1 aromatic heterocycles.